The maximum absolute atomic E-state index is 11.7. The van der Waals surface area contributed by atoms with Gasteiger partial charge in [0.15, 0.2) is 0 Å². The van der Waals surface area contributed by atoms with E-state index in [2.05, 4.69) is 53.2 Å². The Labute approximate surface area is 178 Å². The van der Waals surface area contributed by atoms with Crippen LogP contribution in [0, 0.1) is 0 Å². The Morgan fingerprint density at radius 3 is 2.40 bits per heavy atom. The minimum atomic E-state index is 0.142. The van der Waals surface area contributed by atoms with Crippen LogP contribution in [0.3, 0.4) is 0 Å². The zero-order valence-electron chi connectivity index (χ0n) is 17.8. The summed E-state index contributed by atoms with van der Waals surface area (Å²) in [6.07, 6.45) is 1.00. The Balaban J connectivity index is 1.51. The van der Waals surface area contributed by atoms with Crippen LogP contribution in [0.25, 0.3) is 10.9 Å². The predicted molar refractivity (Wildman–Crippen MR) is 120 cm³/mol. The molecular formula is C24H29N5O. The average Bonchev–Trinajstić information content (AvgIpc) is 2.78. The van der Waals surface area contributed by atoms with Gasteiger partial charge in [-0.15, -0.1) is 0 Å². The van der Waals surface area contributed by atoms with E-state index in [1.807, 2.05) is 23.1 Å². The molecule has 0 spiro atoms. The van der Waals surface area contributed by atoms with Gasteiger partial charge in [0.05, 0.1) is 12.1 Å². The van der Waals surface area contributed by atoms with Crippen molar-refractivity contribution >= 4 is 22.6 Å². The van der Waals surface area contributed by atoms with Crippen molar-refractivity contribution in [3.8, 4) is 0 Å². The Hall–Kier alpha value is -2.99. The van der Waals surface area contributed by atoms with E-state index in [4.69, 9.17) is 9.97 Å². The molecule has 2 heterocycles. The van der Waals surface area contributed by atoms with Gasteiger partial charge in [-0.2, -0.15) is 0 Å². The molecule has 1 aliphatic heterocycles. The van der Waals surface area contributed by atoms with E-state index in [-0.39, 0.29) is 5.91 Å². The molecule has 6 heteroatoms. The fraction of sp³-hybridized carbons (Fsp3) is 0.375. The zero-order valence-corrected chi connectivity index (χ0v) is 17.8. The molecule has 3 aromatic rings. The lowest BCUT2D eigenvalue weighted by Crippen LogP contribution is -2.48. The molecule has 6 nitrogen and oxygen atoms in total. The quantitative estimate of drug-likeness (QED) is 0.633. The number of anilines is 1. The number of hydrogen-bond donors (Lipinski definition) is 0. The fourth-order valence-corrected chi connectivity index (χ4v) is 3.94. The van der Waals surface area contributed by atoms with Crippen LogP contribution < -0.4 is 4.90 Å². The second kappa shape index (κ2) is 9.22. The van der Waals surface area contributed by atoms with Crippen molar-refractivity contribution in [2.45, 2.75) is 19.9 Å². The van der Waals surface area contributed by atoms with E-state index in [1.54, 1.807) is 6.92 Å². The van der Waals surface area contributed by atoms with Crippen molar-refractivity contribution in [1.82, 2.24) is 19.8 Å². The first kappa shape index (κ1) is 20.3. The van der Waals surface area contributed by atoms with Crippen molar-refractivity contribution in [2.24, 2.45) is 0 Å². The zero-order chi connectivity index (χ0) is 20.9. The first-order valence-corrected chi connectivity index (χ1v) is 10.6. The first-order valence-electron chi connectivity index (χ1n) is 10.6. The molecule has 0 saturated carbocycles. The summed E-state index contributed by atoms with van der Waals surface area (Å²) in [4.78, 5) is 27.9. The van der Waals surface area contributed by atoms with Crippen LogP contribution in [0.5, 0.6) is 0 Å². The van der Waals surface area contributed by atoms with E-state index in [9.17, 15) is 4.79 Å². The van der Waals surface area contributed by atoms with Crippen molar-refractivity contribution in [3.63, 3.8) is 0 Å². The predicted octanol–water partition coefficient (Wildman–Crippen LogP) is 2.97. The molecule has 30 heavy (non-hydrogen) atoms. The summed E-state index contributed by atoms with van der Waals surface area (Å²) in [7, 11) is 2.12. The topological polar surface area (TPSA) is 52.6 Å². The Morgan fingerprint density at radius 1 is 0.967 bits per heavy atom. The lowest BCUT2D eigenvalue weighted by molar-refractivity contribution is -0.129. The number of benzene rings is 2. The van der Waals surface area contributed by atoms with Gasteiger partial charge in [0.1, 0.15) is 11.6 Å². The number of rotatable bonds is 6. The molecule has 0 radical (unpaired) electrons. The lowest BCUT2D eigenvalue weighted by atomic mass is 10.1. The highest BCUT2D eigenvalue weighted by atomic mass is 16.2. The molecule has 1 saturated heterocycles. The SMILES string of the molecule is CC(=O)N1CCN(c2nc(CN(C)CCc3ccccc3)nc3ccccc23)CC1. The van der Waals surface area contributed by atoms with Gasteiger partial charge in [-0.05, 0) is 31.2 Å². The van der Waals surface area contributed by atoms with Gasteiger partial charge >= 0.3 is 0 Å². The third-order valence-electron chi connectivity index (χ3n) is 5.69. The molecule has 0 unspecified atom stereocenters. The minimum Gasteiger partial charge on any atom is -0.352 e. The van der Waals surface area contributed by atoms with Gasteiger partial charge in [0, 0.05) is 45.0 Å². The number of para-hydroxylation sites is 1. The van der Waals surface area contributed by atoms with E-state index < -0.39 is 0 Å². The number of amides is 1. The standard InChI is InChI=1S/C24H29N5O/c1-19(30)28-14-16-29(17-15-28)24-21-10-6-7-11-22(21)25-23(26-24)18-27(2)13-12-20-8-4-3-5-9-20/h3-11H,12-18H2,1-2H3. The first-order chi connectivity index (χ1) is 14.6. The van der Waals surface area contributed by atoms with Crippen LogP contribution in [0.1, 0.15) is 18.3 Å². The number of aromatic nitrogens is 2. The number of hydrogen-bond acceptors (Lipinski definition) is 5. The van der Waals surface area contributed by atoms with E-state index >= 15 is 0 Å². The van der Waals surface area contributed by atoms with Crippen molar-refractivity contribution < 1.29 is 4.79 Å². The third-order valence-corrected chi connectivity index (χ3v) is 5.69. The van der Waals surface area contributed by atoms with Crippen LogP contribution in [-0.2, 0) is 17.8 Å². The van der Waals surface area contributed by atoms with Crippen molar-refractivity contribution in [2.75, 3.05) is 44.7 Å². The monoisotopic (exact) mass is 403 g/mol. The summed E-state index contributed by atoms with van der Waals surface area (Å²) < 4.78 is 0. The van der Waals surface area contributed by atoms with Crippen LogP contribution >= 0.6 is 0 Å². The molecule has 0 N–H and O–H groups in total. The summed E-state index contributed by atoms with van der Waals surface area (Å²) in [6.45, 7) is 6.36. The van der Waals surface area contributed by atoms with Gasteiger partial charge in [-0.25, -0.2) is 9.97 Å². The van der Waals surface area contributed by atoms with Gasteiger partial charge in [0.2, 0.25) is 5.91 Å². The van der Waals surface area contributed by atoms with E-state index in [0.29, 0.717) is 6.54 Å². The summed E-state index contributed by atoms with van der Waals surface area (Å²) in [6, 6.07) is 18.7. The minimum absolute atomic E-state index is 0.142. The molecule has 156 valence electrons. The average molecular weight is 404 g/mol. The molecule has 0 bridgehead atoms. The number of fused-ring (bicyclic) bond motifs is 1. The normalized spacial score (nSPS) is 14.5. The summed E-state index contributed by atoms with van der Waals surface area (Å²) in [5.41, 5.74) is 2.32. The summed E-state index contributed by atoms with van der Waals surface area (Å²) in [5.74, 6) is 1.96. The molecule has 4 rings (SSSR count). The van der Waals surface area contributed by atoms with E-state index in [1.165, 1.54) is 5.56 Å². The number of nitrogens with zero attached hydrogens (tertiary/aromatic N) is 5. The third kappa shape index (κ3) is 4.76. The number of likely N-dealkylation sites (N-methyl/N-ethyl adjacent to an activating group) is 1. The maximum Gasteiger partial charge on any atom is 0.219 e. The van der Waals surface area contributed by atoms with Crippen LogP contribution in [0.4, 0.5) is 5.82 Å². The number of piperazine rings is 1. The lowest BCUT2D eigenvalue weighted by Gasteiger charge is -2.35. The number of carbonyl (C=O) groups excluding carboxylic acids is 1. The molecule has 2 aromatic carbocycles. The fourth-order valence-electron chi connectivity index (χ4n) is 3.94. The second-order valence-electron chi connectivity index (χ2n) is 7.95. The number of carbonyl (C=O) groups is 1. The molecule has 1 fully saturated rings. The van der Waals surface area contributed by atoms with Gasteiger partial charge < -0.3 is 9.80 Å². The largest absolute Gasteiger partial charge is 0.352 e. The summed E-state index contributed by atoms with van der Waals surface area (Å²) >= 11 is 0. The molecule has 0 atom stereocenters. The van der Waals surface area contributed by atoms with Crippen LogP contribution in [0.2, 0.25) is 0 Å². The molecule has 1 aromatic heterocycles. The van der Waals surface area contributed by atoms with Gasteiger partial charge in [0.25, 0.3) is 0 Å². The Morgan fingerprint density at radius 2 is 1.67 bits per heavy atom. The molecule has 0 aliphatic carbocycles. The Kier molecular flexibility index (Phi) is 6.23. The second-order valence-corrected chi connectivity index (χ2v) is 7.95. The highest BCUT2D eigenvalue weighted by Crippen LogP contribution is 2.25. The Bertz CT molecular complexity index is 999. The van der Waals surface area contributed by atoms with Crippen molar-refractivity contribution in [3.05, 3.63) is 66.0 Å². The highest BCUT2D eigenvalue weighted by Gasteiger charge is 2.22. The summed E-state index contributed by atoms with van der Waals surface area (Å²) in [5, 5.41) is 1.07. The molecular weight excluding hydrogens is 374 g/mol. The maximum atomic E-state index is 11.7. The van der Waals surface area contributed by atoms with Gasteiger partial charge in [-0.3, -0.25) is 9.69 Å². The van der Waals surface area contributed by atoms with Crippen molar-refractivity contribution in [1.29, 1.82) is 0 Å². The van der Waals surface area contributed by atoms with Crippen LogP contribution in [-0.4, -0.2) is 65.4 Å². The molecule has 1 amide bonds. The van der Waals surface area contributed by atoms with Crippen LogP contribution in [0.15, 0.2) is 54.6 Å². The van der Waals surface area contributed by atoms with Gasteiger partial charge in [-0.1, -0.05) is 42.5 Å². The molecule has 1 aliphatic rings. The van der Waals surface area contributed by atoms with E-state index in [0.717, 1.165) is 61.7 Å². The smallest absolute Gasteiger partial charge is 0.219 e. The highest BCUT2D eigenvalue weighted by molar-refractivity contribution is 5.89.